The molecule has 0 radical (unpaired) electrons. The zero-order chi connectivity index (χ0) is 16.2. The number of rotatable bonds is 7. The summed E-state index contributed by atoms with van der Waals surface area (Å²) in [6.07, 6.45) is 2.17. The van der Waals surface area contributed by atoms with Gasteiger partial charge in [-0.1, -0.05) is 20.3 Å². The molecule has 6 nitrogen and oxygen atoms in total. The van der Waals surface area contributed by atoms with Gasteiger partial charge in [0.2, 0.25) is 10.0 Å². The van der Waals surface area contributed by atoms with Crippen LogP contribution in [0.2, 0.25) is 0 Å². The number of carbonyl (C=O) groups excluding carboxylic acids is 1. The van der Waals surface area contributed by atoms with Crippen molar-refractivity contribution in [1.29, 1.82) is 0 Å². The number of aryl methyl sites for hydroxylation is 2. The number of carbonyl (C=O) groups is 1. The van der Waals surface area contributed by atoms with E-state index in [1.54, 1.807) is 25.5 Å². The number of hydrogen-bond donors (Lipinski definition) is 1. The van der Waals surface area contributed by atoms with Crippen molar-refractivity contribution in [3.8, 4) is 0 Å². The number of hydrogen-bond acceptors (Lipinski definition) is 4. The number of aromatic nitrogens is 2. The summed E-state index contributed by atoms with van der Waals surface area (Å²) in [6.45, 7) is 9.76. The predicted octanol–water partition coefficient (Wildman–Crippen LogP) is 2.16. The Kier molecular flexibility index (Phi) is 5.95. The second-order valence-corrected chi connectivity index (χ2v) is 7.44. The highest BCUT2D eigenvalue weighted by Gasteiger charge is 2.26. The zero-order valence-electron chi connectivity index (χ0n) is 13.4. The van der Waals surface area contributed by atoms with Crippen LogP contribution in [0.4, 0.5) is 0 Å². The highest BCUT2D eigenvalue weighted by atomic mass is 32.2. The van der Waals surface area contributed by atoms with Gasteiger partial charge in [0.25, 0.3) is 5.91 Å². The maximum atomic E-state index is 12.3. The van der Waals surface area contributed by atoms with Crippen molar-refractivity contribution in [2.45, 2.75) is 65.7 Å². The molecular formula is C14H25N3O3S. The van der Waals surface area contributed by atoms with Gasteiger partial charge in [0.05, 0.1) is 16.5 Å². The molecule has 1 heterocycles. The molecule has 0 saturated carbocycles. The van der Waals surface area contributed by atoms with E-state index in [9.17, 15) is 13.2 Å². The second-order valence-electron chi connectivity index (χ2n) is 5.34. The van der Waals surface area contributed by atoms with Gasteiger partial charge in [0.15, 0.2) is 0 Å². The highest BCUT2D eigenvalue weighted by Crippen LogP contribution is 2.15. The summed E-state index contributed by atoms with van der Waals surface area (Å²) < 4.78 is 28.1. The van der Waals surface area contributed by atoms with Crippen molar-refractivity contribution >= 4 is 15.9 Å². The van der Waals surface area contributed by atoms with E-state index in [2.05, 4.69) is 9.82 Å². The molecule has 21 heavy (non-hydrogen) atoms. The molecule has 0 aromatic carbocycles. The summed E-state index contributed by atoms with van der Waals surface area (Å²) in [5.74, 6) is -0.588. The Morgan fingerprint density at radius 3 is 2.43 bits per heavy atom. The van der Waals surface area contributed by atoms with Crippen molar-refractivity contribution in [2.75, 3.05) is 0 Å². The predicted molar refractivity (Wildman–Crippen MR) is 82.7 cm³/mol. The first-order valence-electron chi connectivity index (χ1n) is 7.34. The first-order valence-corrected chi connectivity index (χ1v) is 8.89. The lowest BCUT2D eigenvalue weighted by Gasteiger charge is -2.13. The molecule has 0 unspecified atom stereocenters. The molecule has 0 aliphatic heterocycles. The largest absolute Gasteiger partial charge is 0.269 e. The molecule has 120 valence electrons. The van der Waals surface area contributed by atoms with Crippen LogP contribution < -0.4 is 4.72 Å². The standard InChI is InChI=1S/C14H25N3O3S/c1-6-8-10(3)21(19,20)16-14(18)13-11(4)15-17(9-7-2)12(13)5/h10H,6-9H2,1-5H3,(H,16,18)/t10-/m0/s1. The molecule has 0 saturated heterocycles. The molecule has 0 aliphatic carbocycles. The molecule has 7 heteroatoms. The molecule has 0 bridgehead atoms. The van der Waals surface area contributed by atoms with Crippen LogP contribution in [0.5, 0.6) is 0 Å². The molecule has 0 spiro atoms. The van der Waals surface area contributed by atoms with E-state index >= 15 is 0 Å². The van der Waals surface area contributed by atoms with Gasteiger partial charge in [0.1, 0.15) is 0 Å². The van der Waals surface area contributed by atoms with Crippen molar-refractivity contribution in [1.82, 2.24) is 14.5 Å². The third-order valence-electron chi connectivity index (χ3n) is 3.50. The Balaban J connectivity index is 3.00. The second kappa shape index (κ2) is 7.06. The average molecular weight is 315 g/mol. The molecule has 0 aliphatic rings. The topological polar surface area (TPSA) is 81.1 Å². The molecule has 1 rings (SSSR count). The lowest BCUT2D eigenvalue weighted by Crippen LogP contribution is -2.37. The number of nitrogens with one attached hydrogen (secondary N) is 1. The summed E-state index contributed by atoms with van der Waals surface area (Å²) in [7, 11) is -3.64. The quantitative estimate of drug-likeness (QED) is 0.836. The first kappa shape index (κ1) is 17.7. The minimum absolute atomic E-state index is 0.357. The summed E-state index contributed by atoms with van der Waals surface area (Å²) in [6, 6.07) is 0. The molecule has 0 fully saturated rings. The lowest BCUT2D eigenvalue weighted by molar-refractivity contribution is 0.0979. The summed E-state index contributed by atoms with van der Waals surface area (Å²) in [5.41, 5.74) is 1.61. The molecule has 1 aromatic heterocycles. The van der Waals surface area contributed by atoms with Gasteiger partial charge in [-0.05, 0) is 33.6 Å². The van der Waals surface area contributed by atoms with E-state index in [0.29, 0.717) is 29.9 Å². The van der Waals surface area contributed by atoms with E-state index in [1.165, 1.54) is 0 Å². The Bertz CT molecular complexity index is 605. The Labute approximate surface area is 127 Å². The van der Waals surface area contributed by atoms with Crippen molar-refractivity contribution in [3.63, 3.8) is 0 Å². The van der Waals surface area contributed by atoms with Gasteiger partial charge >= 0.3 is 0 Å². The van der Waals surface area contributed by atoms with Gasteiger partial charge in [-0.15, -0.1) is 0 Å². The van der Waals surface area contributed by atoms with E-state index < -0.39 is 21.2 Å². The molecular weight excluding hydrogens is 290 g/mol. The third kappa shape index (κ3) is 4.06. The Morgan fingerprint density at radius 1 is 1.29 bits per heavy atom. The van der Waals surface area contributed by atoms with Crippen molar-refractivity contribution in [3.05, 3.63) is 17.0 Å². The van der Waals surface area contributed by atoms with Gasteiger partial charge in [-0.3, -0.25) is 9.48 Å². The van der Waals surface area contributed by atoms with E-state index in [1.807, 2.05) is 13.8 Å². The smallest absolute Gasteiger partial charge is 0.268 e. The minimum atomic E-state index is -3.64. The molecule has 1 amide bonds. The van der Waals surface area contributed by atoms with E-state index in [4.69, 9.17) is 0 Å². The normalized spacial score (nSPS) is 13.2. The Morgan fingerprint density at radius 2 is 1.90 bits per heavy atom. The summed E-state index contributed by atoms with van der Waals surface area (Å²) in [5, 5.41) is 3.71. The SMILES string of the molecule is CCC[C@H](C)S(=O)(=O)NC(=O)c1c(C)nn(CCC)c1C. The number of sulfonamides is 1. The highest BCUT2D eigenvalue weighted by molar-refractivity contribution is 7.90. The van der Waals surface area contributed by atoms with E-state index in [-0.39, 0.29) is 0 Å². The van der Waals surface area contributed by atoms with Crippen molar-refractivity contribution < 1.29 is 13.2 Å². The van der Waals surface area contributed by atoms with Crippen LogP contribution in [-0.2, 0) is 16.6 Å². The fourth-order valence-electron chi connectivity index (χ4n) is 2.30. The summed E-state index contributed by atoms with van der Waals surface area (Å²) >= 11 is 0. The minimum Gasteiger partial charge on any atom is -0.269 e. The maximum Gasteiger partial charge on any atom is 0.268 e. The monoisotopic (exact) mass is 315 g/mol. The van der Waals surface area contributed by atoms with Crippen LogP contribution in [0.3, 0.4) is 0 Å². The molecule has 1 N–H and O–H groups in total. The van der Waals surface area contributed by atoms with Gasteiger partial charge < -0.3 is 0 Å². The van der Waals surface area contributed by atoms with Gasteiger partial charge in [-0.25, -0.2) is 13.1 Å². The lowest BCUT2D eigenvalue weighted by atomic mass is 10.2. The van der Waals surface area contributed by atoms with Crippen LogP contribution in [0.25, 0.3) is 0 Å². The molecule has 1 aromatic rings. The van der Waals surface area contributed by atoms with Gasteiger partial charge in [0, 0.05) is 12.2 Å². The Hall–Kier alpha value is -1.37. The van der Waals surface area contributed by atoms with Crippen LogP contribution in [0.1, 0.15) is 61.8 Å². The maximum absolute atomic E-state index is 12.3. The van der Waals surface area contributed by atoms with Crippen LogP contribution in [0.15, 0.2) is 0 Å². The van der Waals surface area contributed by atoms with Crippen LogP contribution >= 0.6 is 0 Å². The van der Waals surface area contributed by atoms with Crippen LogP contribution in [-0.4, -0.2) is 29.4 Å². The molecule has 1 atom stereocenters. The van der Waals surface area contributed by atoms with E-state index in [0.717, 1.165) is 12.8 Å². The number of nitrogens with zero attached hydrogens (tertiary/aromatic N) is 2. The summed E-state index contributed by atoms with van der Waals surface area (Å²) in [4.78, 5) is 12.3. The zero-order valence-corrected chi connectivity index (χ0v) is 14.2. The average Bonchev–Trinajstić information content (AvgIpc) is 2.64. The van der Waals surface area contributed by atoms with Crippen molar-refractivity contribution in [2.24, 2.45) is 0 Å². The number of amides is 1. The van der Waals surface area contributed by atoms with Gasteiger partial charge in [-0.2, -0.15) is 5.10 Å². The fourth-order valence-corrected chi connectivity index (χ4v) is 3.41. The first-order chi connectivity index (χ1) is 9.74. The van der Waals surface area contributed by atoms with Crippen LogP contribution in [0, 0.1) is 13.8 Å². The third-order valence-corrected chi connectivity index (χ3v) is 5.27. The fraction of sp³-hybridized carbons (Fsp3) is 0.714.